The molecule has 4 rings (SSSR count). The van der Waals surface area contributed by atoms with Crippen LogP contribution in [0, 0.1) is 13.8 Å². The van der Waals surface area contributed by atoms with Crippen LogP contribution in [0.25, 0.3) is 17.2 Å². The maximum absolute atomic E-state index is 4.80. The molecule has 0 amide bonds. The minimum absolute atomic E-state index is 0.523. The van der Waals surface area contributed by atoms with E-state index in [0.717, 1.165) is 29.4 Å². The molecule has 0 bridgehead atoms. The molecule has 1 aliphatic heterocycles. The average Bonchev–Trinajstić information content (AvgIpc) is 2.98. The number of aryl methyl sites for hydroxylation is 2. The van der Waals surface area contributed by atoms with Gasteiger partial charge in [-0.3, -0.25) is 0 Å². The molecule has 0 aliphatic carbocycles. The smallest absolute Gasteiger partial charge is 0.254 e. The lowest BCUT2D eigenvalue weighted by molar-refractivity contribution is 0.477. The maximum atomic E-state index is 4.80. The van der Waals surface area contributed by atoms with Gasteiger partial charge < -0.3 is 4.90 Å². The van der Waals surface area contributed by atoms with E-state index in [1.807, 2.05) is 23.6 Å². The number of fused-ring (bicyclic) bond motifs is 1. The van der Waals surface area contributed by atoms with Crippen molar-refractivity contribution in [2.24, 2.45) is 0 Å². The minimum atomic E-state index is 0.523. The second kappa shape index (κ2) is 5.89. The van der Waals surface area contributed by atoms with E-state index in [-0.39, 0.29) is 0 Å². The Morgan fingerprint density at radius 3 is 2.71 bits per heavy atom. The lowest BCUT2D eigenvalue weighted by Gasteiger charge is -2.35. The SMILES string of the molecule is Cc1cc(N2CCCC[C@@H]2C)n2nc(-c3ccccc3C)nc2n1. The minimum Gasteiger partial charge on any atom is -0.354 e. The molecule has 5 nitrogen and oxygen atoms in total. The summed E-state index contributed by atoms with van der Waals surface area (Å²) in [6.07, 6.45) is 3.76. The van der Waals surface area contributed by atoms with Crippen LogP contribution in [0.15, 0.2) is 30.3 Å². The molecule has 1 aromatic carbocycles. The van der Waals surface area contributed by atoms with Gasteiger partial charge in [0.15, 0.2) is 5.82 Å². The molecule has 0 radical (unpaired) electrons. The number of aromatic nitrogens is 4. The lowest BCUT2D eigenvalue weighted by Crippen LogP contribution is -2.38. The highest BCUT2D eigenvalue weighted by Gasteiger charge is 2.23. The molecule has 3 aromatic rings. The lowest BCUT2D eigenvalue weighted by atomic mass is 10.0. The molecule has 0 N–H and O–H groups in total. The van der Waals surface area contributed by atoms with Gasteiger partial charge in [0.25, 0.3) is 5.78 Å². The molecule has 0 unspecified atom stereocenters. The molecule has 1 saturated heterocycles. The highest BCUT2D eigenvalue weighted by atomic mass is 15.4. The number of hydrogen-bond acceptors (Lipinski definition) is 4. The van der Waals surface area contributed by atoms with Crippen molar-refractivity contribution in [3.8, 4) is 11.4 Å². The van der Waals surface area contributed by atoms with E-state index in [1.165, 1.54) is 24.8 Å². The Bertz CT molecular complexity index is 883. The molecule has 5 heteroatoms. The zero-order valence-electron chi connectivity index (χ0n) is 14.5. The second-order valence-electron chi connectivity index (χ2n) is 6.76. The third kappa shape index (κ3) is 2.54. The monoisotopic (exact) mass is 321 g/mol. The summed E-state index contributed by atoms with van der Waals surface area (Å²) in [5, 5.41) is 4.80. The molecule has 2 aromatic heterocycles. The molecule has 24 heavy (non-hydrogen) atoms. The third-order valence-electron chi connectivity index (χ3n) is 4.90. The van der Waals surface area contributed by atoms with Crippen LogP contribution in [0.3, 0.4) is 0 Å². The van der Waals surface area contributed by atoms with Crippen molar-refractivity contribution in [3.63, 3.8) is 0 Å². The van der Waals surface area contributed by atoms with Crippen molar-refractivity contribution in [1.29, 1.82) is 0 Å². The quantitative estimate of drug-likeness (QED) is 0.720. The summed E-state index contributed by atoms with van der Waals surface area (Å²) in [6.45, 7) is 7.48. The summed E-state index contributed by atoms with van der Waals surface area (Å²) in [6, 6.07) is 10.9. The standard InChI is InChI=1S/C19H23N5/c1-13-8-4-5-10-16(13)18-21-19-20-14(2)12-17(24(19)22-18)23-11-7-6-9-15(23)3/h4-5,8,10,12,15H,6-7,9,11H2,1-3H3/t15-/m0/s1. The molecule has 3 heterocycles. The molecule has 1 fully saturated rings. The van der Waals surface area contributed by atoms with Gasteiger partial charge in [0.2, 0.25) is 0 Å². The summed E-state index contributed by atoms with van der Waals surface area (Å²) < 4.78 is 1.91. The molecule has 0 saturated carbocycles. The molecule has 1 aliphatic rings. The van der Waals surface area contributed by atoms with Crippen molar-refractivity contribution < 1.29 is 0 Å². The Morgan fingerprint density at radius 2 is 1.92 bits per heavy atom. The summed E-state index contributed by atoms with van der Waals surface area (Å²) >= 11 is 0. The molecule has 1 atom stereocenters. The number of rotatable bonds is 2. The largest absolute Gasteiger partial charge is 0.354 e. The van der Waals surface area contributed by atoms with E-state index in [2.05, 4.69) is 41.9 Å². The zero-order chi connectivity index (χ0) is 16.7. The van der Waals surface area contributed by atoms with E-state index in [9.17, 15) is 0 Å². The van der Waals surface area contributed by atoms with Gasteiger partial charge in [0.05, 0.1) is 0 Å². The Labute approximate surface area is 142 Å². The first-order chi connectivity index (χ1) is 11.6. The van der Waals surface area contributed by atoms with Crippen LogP contribution in [0.2, 0.25) is 0 Å². The van der Waals surface area contributed by atoms with Crippen molar-refractivity contribution >= 4 is 11.6 Å². The normalized spacial score (nSPS) is 18.3. The van der Waals surface area contributed by atoms with E-state index in [1.54, 1.807) is 0 Å². The fourth-order valence-corrected chi connectivity index (χ4v) is 3.55. The van der Waals surface area contributed by atoms with Crippen LogP contribution >= 0.6 is 0 Å². The van der Waals surface area contributed by atoms with Gasteiger partial charge in [-0.15, -0.1) is 5.10 Å². The van der Waals surface area contributed by atoms with E-state index >= 15 is 0 Å². The van der Waals surface area contributed by atoms with Crippen LogP contribution in [0.1, 0.15) is 37.4 Å². The predicted octanol–water partition coefficient (Wildman–Crippen LogP) is 3.79. The van der Waals surface area contributed by atoms with Crippen LogP contribution in [0.5, 0.6) is 0 Å². The van der Waals surface area contributed by atoms with Crippen LogP contribution < -0.4 is 4.90 Å². The molecule has 0 spiro atoms. The summed E-state index contributed by atoms with van der Waals surface area (Å²) in [4.78, 5) is 11.7. The highest BCUT2D eigenvalue weighted by molar-refractivity contribution is 5.62. The fourth-order valence-electron chi connectivity index (χ4n) is 3.55. The van der Waals surface area contributed by atoms with Gasteiger partial charge in [0, 0.05) is 29.9 Å². The summed E-state index contributed by atoms with van der Waals surface area (Å²) in [5.41, 5.74) is 3.23. The second-order valence-corrected chi connectivity index (χ2v) is 6.76. The van der Waals surface area contributed by atoms with Gasteiger partial charge >= 0.3 is 0 Å². The topological polar surface area (TPSA) is 46.3 Å². The number of benzene rings is 1. The Balaban J connectivity index is 1.87. The Morgan fingerprint density at radius 1 is 1.08 bits per heavy atom. The van der Waals surface area contributed by atoms with E-state index in [0.29, 0.717) is 11.8 Å². The van der Waals surface area contributed by atoms with Crippen molar-refractivity contribution in [1.82, 2.24) is 19.6 Å². The van der Waals surface area contributed by atoms with Crippen molar-refractivity contribution in [2.45, 2.75) is 46.1 Å². The summed E-state index contributed by atoms with van der Waals surface area (Å²) in [5.74, 6) is 2.54. The van der Waals surface area contributed by atoms with Crippen LogP contribution in [0.4, 0.5) is 5.82 Å². The van der Waals surface area contributed by atoms with Gasteiger partial charge in [-0.1, -0.05) is 24.3 Å². The van der Waals surface area contributed by atoms with Gasteiger partial charge in [-0.2, -0.15) is 9.50 Å². The van der Waals surface area contributed by atoms with Crippen molar-refractivity contribution in [2.75, 3.05) is 11.4 Å². The van der Waals surface area contributed by atoms with E-state index < -0.39 is 0 Å². The first-order valence-electron chi connectivity index (χ1n) is 8.70. The van der Waals surface area contributed by atoms with Gasteiger partial charge in [-0.25, -0.2) is 4.98 Å². The number of piperidine rings is 1. The number of nitrogens with zero attached hydrogens (tertiary/aromatic N) is 5. The van der Waals surface area contributed by atoms with Gasteiger partial charge in [0.1, 0.15) is 5.82 Å². The zero-order valence-corrected chi connectivity index (χ0v) is 14.5. The van der Waals surface area contributed by atoms with Crippen LogP contribution in [-0.2, 0) is 0 Å². The van der Waals surface area contributed by atoms with E-state index in [4.69, 9.17) is 10.1 Å². The fraction of sp³-hybridized carbons (Fsp3) is 0.421. The number of hydrogen-bond donors (Lipinski definition) is 0. The average molecular weight is 321 g/mol. The molecular weight excluding hydrogens is 298 g/mol. The number of anilines is 1. The Hall–Kier alpha value is -2.43. The van der Waals surface area contributed by atoms with Gasteiger partial charge in [-0.05, 0) is 45.6 Å². The first kappa shape index (κ1) is 15.1. The molecular formula is C19H23N5. The molecule has 124 valence electrons. The first-order valence-corrected chi connectivity index (χ1v) is 8.70. The predicted molar refractivity (Wildman–Crippen MR) is 96.4 cm³/mol. The maximum Gasteiger partial charge on any atom is 0.254 e. The Kier molecular flexibility index (Phi) is 3.71. The third-order valence-corrected chi connectivity index (χ3v) is 4.90. The van der Waals surface area contributed by atoms with Crippen LogP contribution in [-0.4, -0.2) is 32.2 Å². The van der Waals surface area contributed by atoms with Crippen molar-refractivity contribution in [3.05, 3.63) is 41.6 Å². The highest BCUT2D eigenvalue weighted by Crippen LogP contribution is 2.27. The summed E-state index contributed by atoms with van der Waals surface area (Å²) in [7, 11) is 0.